The van der Waals surface area contributed by atoms with Gasteiger partial charge in [0.15, 0.2) is 0 Å². The van der Waals surface area contributed by atoms with Crippen molar-refractivity contribution in [1.29, 1.82) is 0 Å². The van der Waals surface area contributed by atoms with Gasteiger partial charge in [0, 0.05) is 0 Å². The first kappa shape index (κ1) is 10.4. The monoisotopic (exact) mass is 184 g/mol. The van der Waals surface area contributed by atoms with E-state index in [0.29, 0.717) is 0 Å². The van der Waals surface area contributed by atoms with E-state index in [2.05, 4.69) is 5.32 Å². The van der Waals surface area contributed by atoms with Gasteiger partial charge in [-0.3, -0.25) is 0 Å². The SMILES string of the molecule is CC(C)(C)OC(=O)N[C]1CCCC1. The Morgan fingerprint density at radius 3 is 2.31 bits per heavy atom. The van der Waals surface area contributed by atoms with Crippen molar-refractivity contribution in [2.45, 2.75) is 52.1 Å². The Morgan fingerprint density at radius 1 is 1.31 bits per heavy atom. The van der Waals surface area contributed by atoms with Crippen molar-refractivity contribution in [3.8, 4) is 0 Å². The Morgan fingerprint density at radius 2 is 1.85 bits per heavy atom. The minimum absolute atomic E-state index is 0.315. The highest BCUT2D eigenvalue weighted by Crippen LogP contribution is 2.24. The minimum Gasteiger partial charge on any atom is -0.444 e. The number of carbonyl (C=O) groups is 1. The number of alkyl carbamates (subject to hydrolysis) is 1. The molecule has 0 heterocycles. The van der Waals surface area contributed by atoms with Gasteiger partial charge in [0.25, 0.3) is 0 Å². The maximum Gasteiger partial charge on any atom is 0.408 e. The molecular weight excluding hydrogens is 166 g/mol. The first-order valence-electron chi connectivity index (χ1n) is 4.82. The predicted molar refractivity (Wildman–Crippen MR) is 51.1 cm³/mol. The molecule has 3 nitrogen and oxygen atoms in total. The van der Waals surface area contributed by atoms with Crippen LogP contribution in [0.25, 0.3) is 0 Å². The summed E-state index contributed by atoms with van der Waals surface area (Å²) in [6.45, 7) is 5.60. The molecule has 75 valence electrons. The van der Waals surface area contributed by atoms with E-state index in [1.807, 2.05) is 20.8 Å². The fraction of sp³-hybridized carbons (Fsp3) is 0.800. The Bertz CT molecular complexity index is 178. The Hall–Kier alpha value is -0.730. The zero-order chi connectivity index (χ0) is 9.90. The number of hydrogen-bond donors (Lipinski definition) is 1. The molecule has 0 aromatic rings. The van der Waals surface area contributed by atoms with E-state index in [1.54, 1.807) is 0 Å². The summed E-state index contributed by atoms with van der Waals surface area (Å²) >= 11 is 0. The highest BCUT2D eigenvalue weighted by atomic mass is 16.6. The number of carbonyl (C=O) groups excluding carboxylic acids is 1. The maximum atomic E-state index is 11.3. The average Bonchev–Trinajstić information content (AvgIpc) is 2.34. The van der Waals surface area contributed by atoms with Gasteiger partial charge in [0.05, 0.1) is 6.04 Å². The van der Waals surface area contributed by atoms with Crippen LogP contribution in [0.3, 0.4) is 0 Å². The molecule has 0 spiro atoms. The molecule has 0 unspecified atom stereocenters. The third-order valence-electron chi connectivity index (χ3n) is 1.88. The highest BCUT2D eigenvalue weighted by molar-refractivity contribution is 5.69. The molecule has 1 radical (unpaired) electrons. The van der Waals surface area contributed by atoms with Crippen LogP contribution in [-0.4, -0.2) is 11.7 Å². The molecule has 0 aromatic carbocycles. The van der Waals surface area contributed by atoms with Gasteiger partial charge in [-0.25, -0.2) is 4.79 Å². The van der Waals surface area contributed by atoms with Gasteiger partial charge in [-0.15, -0.1) is 0 Å². The molecule has 0 atom stereocenters. The summed E-state index contributed by atoms with van der Waals surface area (Å²) in [6, 6.07) is 1.12. The first-order chi connectivity index (χ1) is 5.97. The second-order valence-corrected chi connectivity index (χ2v) is 4.44. The van der Waals surface area contributed by atoms with E-state index in [9.17, 15) is 4.79 Å². The predicted octanol–water partition coefficient (Wildman–Crippen LogP) is 2.62. The normalized spacial score (nSPS) is 18.7. The average molecular weight is 184 g/mol. The largest absolute Gasteiger partial charge is 0.444 e. The van der Waals surface area contributed by atoms with Crippen LogP contribution in [-0.2, 0) is 4.74 Å². The topological polar surface area (TPSA) is 38.3 Å². The van der Waals surface area contributed by atoms with Crippen LogP contribution in [0, 0.1) is 6.04 Å². The van der Waals surface area contributed by atoms with E-state index in [-0.39, 0.29) is 6.09 Å². The number of hydrogen-bond acceptors (Lipinski definition) is 2. The fourth-order valence-corrected chi connectivity index (χ4v) is 1.37. The molecule has 0 bridgehead atoms. The molecule has 0 aliphatic heterocycles. The lowest BCUT2D eigenvalue weighted by Crippen LogP contribution is -2.34. The minimum atomic E-state index is -0.400. The van der Waals surface area contributed by atoms with Gasteiger partial charge in [-0.1, -0.05) is 12.8 Å². The van der Waals surface area contributed by atoms with Crippen molar-refractivity contribution in [1.82, 2.24) is 5.32 Å². The lowest BCUT2D eigenvalue weighted by atomic mass is 10.2. The smallest absolute Gasteiger partial charge is 0.408 e. The molecule has 13 heavy (non-hydrogen) atoms. The molecule has 0 aromatic heterocycles. The van der Waals surface area contributed by atoms with Crippen molar-refractivity contribution in [2.24, 2.45) is 0 Å². The van der Waals surface area contributed by atoms with Crippen LogP contribution in [0.2, 0.25) is 0 Å². The van der Waals surface area contributed by atoms with Crippen molar-refractivity contribution < 1.29 is 9.53 Å². The van der Waals surface area contributed by atoms with E-state index in [1.165, 1.54) is 12.8 Å². The summed E-state index contributed by atoms with van der Waals surface area (Å²) in [5.41, 5.74) is -0.400. The molecule has 1 aliphatic carbocycles. The van der Waals surface area contributed by atoms with E-state index in [4.69, 9.17) is 4.74 Å². The first-order valence-corrected chi connectivity index (χ1v) is 4.82. The van der Waals surface area contributed by atoms with Gasteiger partial charge in [-0.2, -0.15) is 0 Å². The Balaban J connectivity index is 2.24. The molecule has 1 rings (SSSR count). The van der Waals surface area contributed by atoms with Gasteiger partial charge >= 0.3 is 6.09 Å². The maximum absolute atomic E-state index is 11.3. The second kappa shape index (κ2) is 3.99. The third-order valence-corrected chi connectivity index (χ3v) is 1.88. The van der Waals surface area contributed by atoms with Crippen LogP contribution in [0.5, 0.6) is 0 Å². The van der Waals surface area contributed by atoms with Crippen LogP contribution < -0.4 is 5.32 Å². The van der Waals surface area contributed by atoms with Gasteiger partial charge < -0.3 is 10.1 Å². The third kappa shape index (κ3) is 4.15. The molecule has 0 saturated heterocycles. The number of amides is 1. The molecule has 1 N–H and O–H groups in total. The van der Waals surface area contributed by atoms with Gasteiger partial charge in [-0.05, 0) is 33.6 Å². The van der Waals surface area contributed by atoms with Crippen molar-refractivity contribution >= 4 is 6.09 Å². The van der Waals surface area contributed by atoms with Gasteiger partial charge in [0.1, 0.15) is 5.60 Å². The van der Waals surface area contributed by atoms with Crippen molar-refractivity contribution in [3.63, 3.8) is 0 Å². The van der Waals surface area contributed by atoms with Crippen LogP contribution in [0.4, 0.5) is 4.79 Å². The quantitative estimate of drug-likeness (QED) is 0.680. The molecular formula is C10H18NO2. The highest BCUT2D eigenvalue weighted by Gasteiger charge is 2.22. The molecule has 3 heteroatoms. The standard InChI is InChI=1S/C10H18NO2/c1-10(2,3)13-9(12)11-8-6-4-5-7-8/h4-7H2,1-3H3,(H,11,12). The van der Waals surface area contributed by atoms with Crippen LogP contribution >= 0.6 is 0 Å². The zero-order valence-corrected chi connectivity index (χ0v) is 8.64. The molecule has 1 aliphatic rings. The fourth-order valence-electron chi connectivity index (χ4n) is 1.37. The lowest BCUT2D eigenvalue weighted by molar-refractivity contribution is 0.0530. The summed E-state index contributed by atoms with van der Waals surface area (Å²) < 4.78 is 5.13. The van der Waals surface area contributed by atoms with E-state index >= 15 is 0 Å². The molecule has 1 saturated carbocycles. The molecule has 1 fully saturated rings. The Kier molecular flexibility index (Phi) is 3.17. The molecule has 1 amide bonds. The summed E-state index contributed by atoms with van der Waals surface area (Å²) in [5, 5.41) is 2.79. The van der Waals surface area contributed by atoms with Crippen LogP contribution in [0.1, 0.15) is 46.5 Å². The lowest BCUT2D eigenvalue weighted by Gasteiger charge is -2.21. The van der Waals surface area contributed by atoms with E-state index < -0.39 is 5.60 Å². The second-order valence-electron chi connectivity index (χ2n) is 4.44. The zero-order valence-electron chi connectivity index (χ0n) is 8.64. The number of rotatable bonds is 1. The summed E-state index contributed by atoms with van der Waals surface area (Å²) in [6.07, 6.45) is 4.08. The van der Waals surface area contributed by atoms with Crippen LogP contribution in [0.15, 0.2) is 0 Å². The summed E-state index contributed by atoms with van der Waals surface area (Å²) in [5.74, 6) is 0. The summed E-state index contributed by atoms with van der Waals surface area (Å²) in [4.78, 5) is 11.3. The summed E-state index contributed by atoms with van der Waals surface area (Å²) in [7, 11) is 0. The number of nitrogens with one attached hydrogen (secondary N) is 1. The Labute approximate surface area is 79.8 Å². The number of ether oxygens (including phenoxy) is 1. The van der Waals surface area contributed by atoms with Gasteiger partial charge in [0.2, 0.25) is 0 Å². The van der Waals surface area contributed by atoms with Crippen molar-refractivity contribution in [3.05, 3.63) is 6.04 Å². The van der Waals surface area contributed by atoms with Crippen molar-refractivity contribution in [2.75, 3.05) is 0 Å². The van der Waals surface area contributed by atoms with E-state index in [0.717, 1.165) is 18.9 Å².